The molecule has 3 rings (SSSR count). The van der Waals surface area contributed by atoms with Gasteiger partial charge in [0.2, 0.25) is 11.6 Å². The lowest BCUT2D eigenvalue weighted by Crippen LogP contribution is -2.66. The van der Waals surface area contributed by atoms with E-state index in [9.17, 15) is 9.59 Å². The monoisotopic (exact) mass is 221 g/mol. The van der Waals surface area contributed by atoms with Gasteiger partial charge in [0.15, 0.2) is 0 Å². The summed E-state index contributed by atoms with van der Waals surface area (Å²) in [6, 6.07) is 0.269. The smallest absolute Gasteiger partial charge is 0.333 e. The second-order valence-electron chi connectivity index (χ2n) is 4.83. The molecule has 2 aliphatic heterocycles. The van der Waals surface area contributed by atoms with Gasteiger partial charge >= 0.3 is 5.97 Å². The molecule has 0 aromatic rings. The number of hydrogen-bond acceptors (Lipinski definition) is 3. The highest BCUT2D eigenvalue weighted by atomic mass is 16.6. The number of amides is 1. The number of ether oxygens (including phenoxy) is 1. The maximum absolute atomic E-state index is 11.7. The van der Waals surface area contributed by atoms with Crippen molar-refractivity contribution < 1.29 is 14.3 Å². The molecule has 2 fully saturated rings. The van der Waals surface area contributed by atoms with E-state index in [4.69, 9.17) is 4.74 Å². The van der Waals surface area contributed by atoms with Crippen molar-refractivity contribution in [3.05, 3.63) is 12.2 Å². The van der Waals surface area contributed by atoms with Gasteiger partial charge in [-0.15, -0.1) is 0 Å². The fourth-order valence-electron chi connectivity index (χ4n) is 3.02. The lowest BCUT2D eigenvalue weighted by molar-refractivity contribution is -0.205. The van der Waals surface area contributed by atoms with Crippen LogP contribution in [0, 0.1) is 0 Å². The van der Waals surface area contributed by atoms with Crippen LogP contribution < -0.4 is 0 Å². The average Bonchev–Trinajstić information content (AvgIpc) is 2.63. The summed E-state index contributed by atoms with van der Waals surface area (Å²) in [5, 5.41) is 0. The third kappa shape index (κ3) is 1.29. The standard InChI is InChI=1S/C12H15NO3/c14-10-8-12(7-6-11(15)16-12)13(10)9-4-2-1-3-5-9/h6-7,9H,1-5,8H2. The summed E-state index contributed by atoms with van der Waals surface area (Å²) in [5.74, 6) is -0.209. The zero-order valence-corrected chi connectivity index (χ0v) is 9.15. The predicted molar refractivity (Wildman–Crippen MR) is 56.3 cm³/mol. The number of esters is 1. The van der Waals surface area contributed by atoms with Crippen molar-refractivity contribution in [1.29, 1.82) is 0 Å². The fourth-order valence-corrected chi connectivity index (χ4v) is 3.02. The molecule has 0 aromatic carbocycles. The molecule has 1 saturated heterocycles. The molecule has 1 amide bonds. The van der Waals surface area contributed by atoms with Crippen molar-refractivity contribution in [2.24, 2.45) is 0 Å². The Balaban J connectivity index is 1.80. The van der Waals surface area contributed by atoms with E-state index in [1.165, 1.54) is 25.3 Å². The van der Waals surface area contributed by atoms with Crippen LogP contribution in [0.5, 0.6) is 0 Å². The highest BCUT2D eigenvalue weighted by molar-refractivity contribution is 5.92. The Morgan fingerprint density at radius 2 is 2.00 bits per heavy atom. The van der Waals surface area contributed by atoms with Crippen molar-refractivity contribution in [1.82, 2.24) is 4.90 Å². The van der Waals surface area contributed by atoms with Crippen LogP contribution >= 0.6 is 0 Å². The topological polar surface area (TPSA) is 46.6 Å². The van der Waals surface area contributed by atoms with Gasteiger partial charge in [0.1, 0.15) is 0 Å². The molecular weight excluding hydrogens is 206 g/mol. The normalized spacial score (nSPS) is 34.4. The van der Waals surface area contributed by atoms with E-state index < -0.39 is 5.72 Å². The highest BCUT2D eigenvalue weighted by Gasteiger charge is 2.57. The van der Waals surface area contributed by atoms with Gasteiger partial charge in [-0.2, -0.15) is 0 Å². The summed E-state index contributed by atoms with van der Waals surface area (Å²) in [7, 11) is 0. The first-order chi connectivity index (χ1) is 7.71. The lowest BCUT2D eigenvalue weighted by Gasteiger charge is -2.51. The van der Waals surface area contributed by atoms with Gasteiger partial charge in [-0.25, -0.2) is 4.79 Å². The molecule has 3 aliphatic rings. The Morgan fingerprint density at radius 1 is 1.25 bits per heavy atom. The Hall–Kier alpha value is -1.32. The SMILES string of the molecule is O=C1C=CC2(CC(=O)N2C2CCCCC2)O1. The maximum atomic E-state index is 11.7. The van der Waals surface area contributed by atoms with Crippen LogP contribution in [0.2, 0.25) is 0 Å². The molecule has 0 N–H and O–H groups in total. The van der Waals surface area contributed by atoms with E-state index in [0.717, 1.165) is 12.8 Å². The second kappa shape index (κ2) is 3.34. The largest absolute Gasteiger partial charge is 0.431 e. The van der Waals surface area contributed by atoms with Crippen LogP contribution in [0.15, 0.2) is 12.2 Å². The third-order valence-corrected chi connectivity index (χ3v) is 3.78. The molecule has 0 radical (unpaired) electrons. The van der Waals surface area contributed by atoms with E-state index in [1.807, 2.05) is 0 Å². The third-order valence-electron chi connectivity index (χ3n) is 3.78. The molecule has 0 bridgehead atoms. The minimum atomic E-state index is -0.712. The number of nitrogens with zero attached hydrogens (tertiary/aromatic N) is 1. The van der Waals surface area contributed by atoms with Crippen molar-refractivity contribution in [2.45, 2.75) is 50.3 Å². The zero-order valence-electron chi connectivity index (χ0n) is 9.15. The summed E-state index contributed by atoms with van der Waals surface area (Å²) in [4.78, 5) is 24.6. The molecule has 86 valence electrons. The minimum Gasteiger partial charge on any atom is -0.431 e. The molecule has 4 heteroatoms. The maximum Gasteiger partial charge on any atom is 0.333 e. The highest BCUT2D eigenvalue weighted by Crippen LogP contribution is 2.42. The summed E-state index contributed by atoms with van der Waals surface area (Å²) < 4.78 is 5.28. The molecule has 1 aliphatic carbocycles. The predicted octanol–water partition coefficient (Wildman–Crippen LogP) is 1.36. The van der Waals surface area contributed by atoms with E-state index in [-0.39, 0.29) is 17.9 Å². The van der Waals surface area contributed by atoms with Crippen LogP contribution in [0.4, 0.5) is 0 Å². The minimum absolute atomic E-state index is 0.117. The number of rotatable bonds is 1. The molecule has 2 heterocycles. The summed E-state index contributed by atoms with van der Waals surface area (Å²) in [5.41, 5.74) is -0.712. The first-order valence-corrected chi connectivity index (χ1v) is 5.96. The first-order valence-electron chi connectivity index (χ1n) is 5.96. The number of likely N-dealkylation sites (tertiary alicyclic amines) is 1. The molecule has 1 unspecified atom stereocenters. The van der Waals surface area contributed by atoms with Crippen molar-refractivity contribution in [2.75, 3.05) is 0 Å². The summed E-state index contributed by atoms with van der Waals surface area (Å²) in [6.45, 7) is 0. The number of carbonyl (C=O) groups excluding carboxylic acids is 2. The number of hydrogen-bond donors (Lipinski definition) is 0. The average molecular weight is 221 g/mol. The fraction of sp³-hybridized carbons (Fsp3) is 0.667. The molecule has 4 nitrogen and oxygen atoms in total. The van der Waals surface area contributed by atoms with Crippen molar-refractivity contribution in [3.8, 4) is 0 Å². The van der Waals surface area contributed by atoms with Crippen LogP contribution in [0.25, 0.3) is 0 Å². The zero-order chi connectivity index (χ0) is 11.2. The number of carbonyl (C=O) groups is 2. The summed E-state index contributed by atoms with van der Waals surface area (Å²) >= 11 is 0. The van der Waals surface area contributed by atoms with Crippen LogP contribution in [-0.2, 0) is 14.3 Å². The molecule has 16 heavy (non-hydrogen) atoms. The lowest BCUT2D eigenvalue weighted by atomic mass is 9.87. The Bertz CT molecular complexity index is 370. The van der Waals surface area contributed by atoms with Crippen molar-refractivity contribution >= 4 is 11.9 Å². The van der Waals surface area contributed by atoms with E-state index >= 15 is 0 Å². The van der Waals surface area contributed by atoms with Gasteiger partial charge in [-0.1, -0.05) is 19.3 Å². The van der Waals surface area contributed by atoms with Crippen LogP contribution in [0.3, 0.4) is 0 Å². The van der Waals surface area contributed by atoms with Crippen LogP contribution in [0.1, 0.15) is 38.5 Å². The van der Waals surface area contributed by atoms with E-state index in [1.54, 1.807) is 11.0 Å². The summed E-state index contributed by atoms with van der Waals surface area (Å²) in [6.07, 6.45) is 9.17. The quantitative estimate of drug-likeness (QED) is 0.496. The molecule has 1 atom stereocenters. The van der Waals surface area contributed by atoms with Gasteiger partial charge in [0.25, 0.3) is 0 Å². The van der Waals surface area contributed by atoms with Crippen LogP contribution in [-0.4, -0.2) is 28.5 Å². The van der Waals surface area contributed by atoms with Gasteiger partial charge in [-0.05, 0) is 18.9 Å². The van der Waals surface area contributed by atoms with Gasteiger partial charge in [0, 0.05) is 12.1 Å². The Kier molecular flexibility index (Phi) is 2.06. The van der Waals surface area contributed by atoms with E-state index in [2.05, 4.69) is 0 Å². The van der Waals surface area contributed by atoms with Gasteiger partial charge < -0.3 is 4.74 Å². The number of β-lactam (4-membered cyclic amide) rings is 1. The Morgan fingerprint density at radius 3 is 2.56 bits per heavy atom. The second-order valence-corrected chi connectivity index (χ2v) is 4.83. The molecule has 1 saturated carbocycles. The Labute approximate surface area is 94.2 Å². The van der Waals surface area contributed by atoms with Gasteiger partial charge in [-0.3, -0.25) is 9.69 Å². The van der Waals surface area contributed by atoms with Gasteiger partial charge in [0.05, 0.1) is 6.42 Å². The molecule has 0 aromatic heterocycles. The molecule has 1 spiro atoms. The first kappa shape index (κ1) is 9.87. The van der Waals surface area contributed by atoms with Crippen molar-refractivity contribution in [3.63, 3.8) is 0 Å². The van der Waals surface area contributed by atoms with E-state index in [0.29, 0.717) is 6.42 Å². The molecular formula is C12H15NO3.